The third-order valence-corrected chi connectivity index (χ3v) is 3.31. The highest BCUT2D eigenvalue weighted by molar-refractivity contribution is 5.83. The number of amides is 1. The SMILES string of the molecule is COc1ccc(C2CC2C(=O)NCCC(=O)O)cc1. The van der Waals surface area contributed by atoms with Gasteiger partial charge in [0.15, 0.2) is 0 Å². The van der Waals surface area contributed by atoms with Gasteiger partial charge >= 0.3 is 5.97 Å². The standard InChI is InChI=1S/C14H17NO4/c1-19-10-4-2-9(3-5-10)11-8-12(11)14(18)15-7-6-13(16)17/h2-5,11-12H,6-8H2,1H3,(H,15,18)(H,16,17). The Morgan fingerprint density at radius 1 is 1.37 bits per heavy atom. The van der Waals surface area contributed by atoms with E-state index in [0.29, 0.717) is 0 Å². The van der Waals surface area contributed by atoms with E-state index in [0.717, 1.165) is 17.7 Å². The van der Waals surface area contributed by atoms with Crippen molar-refractivity contribution in [3.63, 3.8) is 0 Å². The molecule has 2 N–H and O–H groups in total. The van der Waals surface area contributed by atoms with Crippen LogP contribution in [0.3, 0.4) is 0 Å². The third-order valence-electron chi connectivity index (χ3n) is 3.31. The number of aliphatic carboxylic acids is 1. The Labute approximate surface area is 111 Å². The predicted molar refractivity (Wildman–Crippen MR) is 69.1 cm³/mol. The Morgan fingerprint density at radius 2 is 2.05 bits per heavy atom. The molecule has 0 saturated heterocycles. The average Bonchev–Trinajstić information content (AvgIpc) is 3.18. The van der Waals surface area contributed by atoms with Gasteiger partial charge in [-0.15, -0.1) is 0 Å². The van der Waals surface area contributed by atoms with Crippen molar-refractivity contribution in [2.75, 3.05) is 13.7 Å². The second-order valence-electron chi connectivity index (χ2n) is 4.66. The highest BCUT2D eigenvalue weighted by atomic mass is 16.5. The zero-order valence-electron chi connectivity index (χ0n) is 10.8. The van der Waals surface area contributed by atoms with Crippen molar-refractivity contribution in [2.45, 2.75) is 18.8 Å². The van der Waals surface area contributed by atoms with Crippen LogP contribution in [-0.4, -0.2) is 30.6 Å². The lowest BCUT2D eigenvalue weighted by Gasteiger charge is -2.04. The van der Waals surface area contributed by atoms with Gasteiger partial charge in [0.2, 0.25) is 5.91 Å². The number of benzene rings is 1. The molecule has 0 bridgehead atoms. The first kappa shape index (κ1) is 13.4. The van der Waals surface area contributed by atoms with Gasteiger partial charge in [0.05, 0.1) is 13.5 Å². The topological polar surface area (TPSA) is 75.6 Å². The third kappa shape index (κ3) is 3.47. The second kappa shape index (κ2) is 5.73. The maximum Gasteiger partial charge on any atom is 0.305 e. The van der Waals surface area contributed by atoms with Crippen LogP contribution in [0.15, 0.2) is 24.3 Å². The molecule has 0 heterocycles. The van der Waals surface area contributed by atoms with Crippen LogP contribution in [0.5, 0.6) is 5.75 Å². The maximum atomic E-state index is 11.8. The molecule has 2 unspecified atom stereocenters. The lowest BCUT2D eigenvalue weighted by molar-refractivity contribution is -0.136. The van der Waals surface area contributed by atoms with Crippen LogP contribution in [0.2, 0.25) is 0 Å². The molecule has 1 amide bonds. The second-order valence-corrected chi connectivity index (χ2v) is 4.66. The minimum absolute atomic E-state index is 0.0258. The number of nitrogens with one attached hydrogen (secondary N) is 1. The maximum absolute atomic E-state index is 11.8. The summed E-state index contributed by atoms with van der Waals surface area (Å²) in [6.45, 7) is 0.194. The lowest BCUT2D eigenvalue weighted by atomic mass is 10.1. The number of carbonyl (C=O) groups is 2. The molecule has 19 heavy (non-hydrogen) atoms. The molecule has 1 aromatic rings. The van der Waals surface area contributed by atoms with E-state index in [4.69, 9.17) is 9.84 Å². The van der Waals surface area contributed by atoms with E-state index >= 15 is 0 Å². The highest BCUT2D eigenvalue weighted by Crippen LogP contribution is 2.47. The normalized spacial score (nSPS) is 20.7. The van der Waals surface area contributed by atoms with Gasteiger partial charge in [-0.25, -0.2) is 0 Å². The molecule has 0 radical (unpaired) electrons. The van der Waals surface area contributed by atoms with Crippen molar-refractivity contribution in [1.82, 2.24) is 5.32 Å². The van der Waals surface area contributed by atoms with Crippen molar-refractivity contribution in [2.24, 2.45) is 5.92 Å². The van der Waals surface area contributed by atoms with E-state index in [1.54, 1.807) is 7.11 Å². The van der Waals surface area contributed by atoms with Crippen LogP contribution in [0.25, 0.3) is 0 Å². The molecule has 1 aliphatic rings. The quantitative estimate of drug-likeness (QED) is 0.813. The molecule has 2 rings (SSSR count). The number of carboxylic acid groups (broad SMARTS) is 1. The molecule has 0 aliphatic heterocycles. The van der Waals surface area contributed by atoms with E-state index in [1.165, 1.54) is 0 Å². The molecular weight excluding hydrogens is 246 g/mol. The van der Waals surface area contributed by atoms with E-state index in [2.05, 4.69) is 5.32 Å². The molecule has 1 aromatic carbocycles. The van der Waals surface area contributed by atoms with Crippen LogP contribution < -0.4 is 10.1 Å². The van der Waals surface area contributed by atoms with E-state index < -0.39 is 5.97 Å². The smallest absolute Gasteiger partial charge is 0.305 e. The van der Waals surface area contributed by atoms with Crippen molar-refractivity contribution >= 4 is 11.9 Å². The van der Waals surface area contributed by atoms with Crippen LogP contribution in [0.4, 0.5) is 0 Å². The lowest BCUT2D eigenvalue weighted by Crippen LogP contribution is -2.27. The number of carboxylic acids is 1. The summed E-state index contributed by atoms with van der Waals surface area (Å²) in [6.07, 6.45) is 0.789. The fourth-order valence-corrected chi connectivity index (χ4v) is 2.13. The van der Waals surface area contributed by atoms with E-state index in [9.17, 15) is 9.59 Å². The summed E-state index contributed by atoms with van der Waals surface area (Å²) >= 11 is 0. The Hall–Kier alpha value is -2.04. The fraction of sp³-hybridized carbons (Fsp3) is 0.429. The number of ether oxygens (including phenoxy) is 1. The molecule has 1 aliphatic carbocycles. The van der Waals surface area contributed by atoms with Crippen molar-refractivity contribution < 1.29 is 19.4 Å². The summed E-state index contributed by atoms with van der Waals surface area (Å²) in [6, 6.07) is 7.70. The van der Waals surface area contributed by atoms with Crippen molar-refractivity contribution in [1.29, 1.82) is 0 Å². The zero-order chi connectivity index (χ0) is 13.8. The molecule has 1 saturated carbocycles. The van der Waals surface area contributed by atoms with E-state index in [1.807, 2.05) is 24.3 Å². The summed E-state index contributed by atoms with van der Waals surface area (Å²) < 4.78 is 5.08. The average molecular weight is 263 g/mol. The van der Waals surface area contributed by atoms with Gasteiger partial charge < -0.3 is 15.2 Å². The fourth-order valence-electron chi connectivity index (χ4n) is 2.13. The number of rotatable bonds is 6. The summed E-state index contributed by atoms with van der Waals surface area (Å²) in [5, 5.41) is 11.2. The Balaban J connectivity index is 1.82. The minimum atomic E-state index is -0.900. The van der Waals surface area contributed by atoms with Gasteiger partial charge in [0.25, 0.3) is 0 Å². The monoisotopic (exact) mass is 263 g/mol. The van der Waals surface area contributed by atoms with Gasteiger partial charge in [0.1, 0.15) is 5.75 Å². The minimum Gasteiger partial charge on any atom is -0.497 e. The predicted octanol–water partition coefficient (Wildman–Crippen LogP) is 1.39. The first-order valence-corrected chi connectivity index (χ1v) is 6.25. The van der Waals surface area contributed by atoms with Gasteiger partial charge in [-0.1, -0.05) is 12.1 Å². The van der Waals surface area contributed by atoms with Crippen LogP contribution >= 0.6 is 0 Å². The molecule has 2 atom stereocenters. The summed E-state index contributed by atoms with van der Waals surface area (Å²) in [7, 11) is 1.62. The molecule has 5 nitrogen and oxygen atoms in total. The summed E-state index contributed by atoms with van der Waals surface area (Å²) in [5.41, 5.74) is 1.12. The molecular formula is C14H17NO4. The highest BCUT2D eigenvalue weighted by Gasteiger charge is 2.43. The summed E-state index contributed by atoms with van der Waals surface area (Å²) in [5.74, 6) is 0.0645. The van der Waals surface area contributed by atoms with E-state index in [-0.39, 0.29) is 30.7 Å². The Bertz CT molecular complexity index is 469. The molecule has 0 spiro atoms. The van der Waals surface area contributed by atoms with Gasteiger partial charge in [-0.2, -0.15) is 0 Å². The molecule has 1 fully saturated rings. The molecule has 5 heteroatoms. The largest absolute Gasteiger partial charge is 0.497 e. The Kier molecular flexibility index (Phi) is 4.04. The molecule has 0 aromatic heterocycles. The number of hydrogen-bond acceptors (Lipinski definition) is 3. The first-order valence-electron chi connectivity index (χ1n) is 6.25. The van der Waals surface area contributed by atoms with Crippen molar-refractivity contribution in [3.05, 3.63) is 29.8 Å². The van der Waals surface area contributed by atoms with Crippen molar-refractivity contribution in [3.8, 4) is 5.75 Å². The first-order chi connectivity index (χ1) is 9.11. The van der Waals surface area contributed by atoms with Crippen LogP contribution in [0.1, 0.15) is 24.3 Å². The number of hydrogen-bond donors (Lipinski definition) is 2. The number of methoxy groups -OCH3 is 1. The Morgan fingerprint density at radius 3 is 2.63 bits per heavy atom. The van der Waals surface area contributed by atoms with Crippen LogP contribution in [-0.2, 0) is 9.59 Å². The number of carbonyl (C=O) groups excluding carboxylic acids is 1. The zero-order valence-corrected chi connectivity index (χ0v) is 10.8. The van der Waals surface area contributed by atoms with Gasteiger partial charge in [0, 0.05) is 12.5 Å². The van der Waals surface area contributed by atoms with Gasteiger partial charge in [-0.3, -0.25) is 9.59 Å². The van der Waals surface area contributed by atoms with Crippen LogP contribution in [0, 0.1) is 5.92 Å². The summed E-state index contributed by atoms with van der Waals surface area (Å²) in [4.78, 5) is 22.1. The molecule has 102 valence electrons. The van der Waals surface area contributed by atoms with Gasteiger partial charge in [-0.05, 0) is 30.0 Å².